The minimum atomic E-state index is 0.182. The molecule has 2 heterocycles. The van der Waals surface area contributed by atoms with Crippen LogP contribution < -0.4 is 0 Å². The van der Waals surface area contributed by atoms with Crippen LogP contribution in [0, 0.1) is 18.8 Å². The van der Waals surface area contributed by atoms with E-state index in [1.165, 1.54) is 0 Å². The molecule has 4 aromatic rings. The van der Waals surface area contributed by atoms with E-state index in [1.54, 1.807) is 0 Å². The Morgan fingerprint density at radius 1 is 0.857 bits per heavy atom. The number of benzene rings is 2. The molecule has 0 aliphatic rings. The summed E-state index contributed by atoms with van der Waals surface area (Å²) in [5.74, 6) is 2.73. The quantitative estimate of drug-likeness (QED) is 0.113. The molecule has 49 heavy (non-hydrogen) atoms. The van der Waals surface area contributed by atoms with Crippen LogP contribution in [0.4, 0.5) is 0 Å². The number of aromatic amines is 2. The predicted octanol–water partition coefficient (Wildman–Crippen LogP) is 9.30. The van der Waals surface area contributed by atoms with Gasteiger partial charge in [0.15, 0.2) is 0 Å². The van der Waals surface area contributed by atoms with E-state index in [0.29, 0.717) is 41.6 Å². The lowest BCUT2D eigenvalue weighted by Gasteiger charge is -2.22. The Bertz CT molecular complexity index is 1600. The van der Waals surface area contributed by atoms with Crippen molar-refractivity contribution < 1.29 is 9.59 Å². The lowest BCUT2D eigenvalue weighted by molar-refractivity contribution is -0.132. The summed E-state index contributed by atoms with van der Waals surface area (Å²) < 4.78 is 0. The maximum Gasteiger partial charge on any atom is 0.223 e. The molecule has 2 aromatic heterocycles. The van der Waals surface area contributed by atoms with E-state index in [4.69, 9.17) is 21.6 Å². The highest BCUT2D eigenvalue weighted by Crippen LogP contribution is 2.30. The van der Waals surface area contributed by atoms with Crippen molar-refractivity contribution in [2.24, 2.45) is 11.8 Å². The summed E-state index contributed by atoms with van der Waals surface area (Å²) in [5, 5.41) is 1.12. The zero-order valence-electron chi connectivity index (χ0n) is 30.8. The number of aldehydes is 1. The zero-order valence-corrected chi connectivity index (χ0v) is 32.3. The van der Waals surface area contributed by atoms with E-state index < -0.39 is 0 Å². The smallest absolute Gasteiger partial charge is 0.223 e. The molecule has 0 fully saturated rings. The Balaban J connectivity index is 0.000000992. The van der Waals surface area contributed by atoms with Gasteiger partial charge >= 0.3 is 0 Å². The molecule has 10 heteroatoms. The molecule has 0 bridgehead atoms. The molecule has 266 valence electrons. The van der Waals surface area contributed by atoms with E-state index in [2.05, 4.69) is 104 Å². The molecular formula is C39H55ClN6O2S. The number of hydrogen-bond acceptors (Lipinski definition) is 6. The Morgan fingerprint density at radius 3 is 1.88 bits per heavy atom. The third-order valence-corrected chi connectivity index (χ3v) is 9.25. The second kappa shape index (κ2) is 19.7. The first-order valence-corrected chi connectivity index (χ1v) is 18.9. The number of nitrogens with one attached hydrogen (secondary N) is 2. The zero-order chi connectivity index (χ0) is 36.1. The molecule has 4 rings (SSSR count). The number of halogens is 1. The summed E-state index contributed by atoms with van der Waals surface area (Å²) >= 11 is 8.41. The standard InChI is InChI=1S/C34H45ClN6OS.C5H10O/c1-8-17-41(31(42)18-22(2)3)21-30-36-24(5)32(37-30)27-13-9-25(10-14-27)26-11-15-28(16-12-26)33-34(35)39-29(38-33)20-40(6)19-23(4)43-7;1-5(2)3-4-6/h9-16,22-23H,8,17-21H2,1-7H3,(H,36,37)(H,38,39);4-5H,3H2,1-2H3/t23-;/m0./s1. The van der Waals surface area contributed by atoms with Crippen LogP contribution >= 0.6 is 23.4 Å². The minimum absolute atomic E-state index is 0.182. The first kappa shape index (κ1) is 40.0. The van der Waals surface area contributed by atoms with E-state index in [0.717, 1.165) is 83.3 Å². The van der Waals surface area contributed by atoms with Gasteiger partial charge in [-0.1, -0.05) is 102 Å². The van der Waals surface area contributed by atoms with Crippen molar-refractivity contribution in [1.29, 1.82) is 0 Å². The van der Waals surface area contributed by atoms with E-state index in [-0.39, 0.29) is 5.91 Å². The first-order chi connectivity index (χ1) is 23.3. The fourth-order valence-electron chi connectivity index (χ4n) is 5.43. The summed E-state index contributed by atoms with van der Waals surface area (Å²) in [6.07, 6.45) is 5.26. The van der Waals surface area contributed by atoms with Gasteiger partial charge in [0.1, 0.15) is 28.8 Å². The van der Waals surface area contributed by atoms with Crippen LogP contribution in [0.2, 0.25) is 5.15 Å². The number of aromatic nitrogens is 4. The molecule has 8 nitrogen and oxygen atoms in total. The molecule has 1 atom stereocenters. The SMILES string of the molecule is CC(C)CC=O.CCCN(Cc1nc(-c2ccc(-c3ccc(-c4nc(CN(C)C[C@H](C)SC)[nH]c4Cl)cc3)cc2)c(C)[nH]1)C(=O)CC(C)C. The number of thioether (sulfide) groups is 1. The van der Waals surface area contributed by atoms with E-state index in [1.807, 2.05) is 37.4 Å². The second-order valence-corrected chi connectivity index (χ2v) is 15.3. The van der Waals surface area contributed by atoms with Crippen LogP contribution in [0.25, 0.3) is 33.6 Å². The maximum absolute atomic E-state index is 12.8. The normalized spacial score (nSPS) is 11.9. The van der Waals surface area contributed by atoms with Gasteiger partial charge in [0.2, 0.25) is 5.91 Å². The number of rotatable bonds is 16. The number of nitrogens with zero attached hydrogens (tertiary/aromatic N) is 4. The van der Waals surface area contributed by atoms with Gasteiger partial charge in [0.25, 0.3) is 0 Å². The molecule has 0 spiro atoms. The maximum atomic E-state index is 12.8. The van der Waals surface area contributed by atoms with Crippen molar-refractivity contribution >= 4 is 35.6 Å². The number of H-pyrrole nitrogens is 2. The summed E-state index contributed by atoms with van der Waals surface area (Å²) in [6, 6.07) is 16.8. The molecule has 1 amide bonds. The third kappa shape index (κ3) is 12.5. The molecule has 0 radical (unpaired) electrons. The van der Waals surface area contributed by atoms with Crippen molar-refractivity contribution in [3.63, 3.8) is 0 Å². The van der Waals surface area contributed by atoms with E-state index >= 15 is 0 Å². The van der Waals surface area contributed by atoms with Gasteiger partial charge in [-0.3, -0.25) is 9.69 Å². The van der Waals surface area contributed by atoms with Gasteiger partial charge < -0.3 is 19.7 Å². The van der Waals surface area contributed by atoms with Crippen LogP contribution in [0.1, 0.15) is 78.1 Å². The highest BCUT2D eigenvalue weighted by atomic mass is 35.5. The number of aryl methyl sites for hydroxylation is 1. The Hall–Kier alpha value is -3.40. The van der Waals surface area contributed by atoms with Crippen LogP contribution in [0.5, 0.6) is 0 Å². The van der Waals surface area contributed by atoms with Crippen molar-refractivity contribution in [3.05, 3.63) is 71.0 Å². The van der Waals surface area contributed by atoms with Crippen LogP contribution in [0.15, 0.2) is 48.5 Å². The second-order valence-electron chi connectivity index (χ2n) is 13.6. The fourth-order valence-corrected chi connectivity index (χ4v) is 6.09. The molecule has 2 aromatic carbocycles. The first-order valence-electron chi connectivity index (χ1n) is 17.3. The van der Waals surface area contributed by atoms with Gasteiger partial charge in [0, 0.05) is 48.0 Å². The largest absolute Gasteiger partial charge is 0.344 e. The fraction of sp³-hybridized carbons (Fsp3) is 0.487. The number of hydrogen-bond donors (Lipinski definition) is 2. The minimum Gasteiger partial charge on any atom is -0.344 e. The Kier molecular flexibility index (Phi) is 16.1. The van der Waals surface area contributed by atoms with Gasteiger partial charge in [-0.2, -0.15) is 11.8 Å². The van der Waals surface area contributed by atoms with Crippen molar-refractivity contribution in [2.45, 2.75) is 86.1 Å². The molecule has 0 aliphatic carbocycles. The monoisotopic (exact) mass is 706 g/mol. The van der Waals surface area contributed by atoms with Crippen molar-refractivity contribution in [3.8, 4) is 33.6 Å². The average molecular weight is 707 g/mol. The van der Waals surface area contributed by atoms with Gasteiger partial charge in [-0.05, 0) is 49.6 Å². The number of carbonyl (C=O) groups excluding carboxylic acids is 2. The molecule has 2 N–H and O–H groups in total. The summed E-state index contributed by atoms with van der Waals surface area (Å²) in [7, 11) is 2.10. The number of imidazole rings is 2. The topological polar surface area (TPSA) is 98.0 Å². The lowest BCUT2D eigenvalue weighted by Crippen LogP contribution is -2.32. The van der Waals surface area contributed by atoms with Gasteiger partial charge in [0.05, 0.1) is 18.8 Å². The number of carbonyl (C=O) groups is 2. The van der Waals surface area contributed by atoms with Crippen LogP contribution in [-0.2, 0) is 22.7 Å². The lowest BCUT2D eigenvalue weighted by atomic mass is 10.0. The molecular weight excluding hydrogens is 652 g/mol. The Labute approximate surface area is 302 Å². The molecule has 0 unspecified atom stereocenters. The van der Waals surface area contributed by atoms with Crippen LogP contribution in [0.3, 0.4) is 0 Å². The Morgan fingerprint density at radius 2 is 1.39 bits per heavy atom. The summed E-state index contributed by atoms with van der Waals surface area (Å²) in [5.41, 5.74) is 6.96. The highest BCUT2D eigenvalue weighted by molar-refractivity contribution is 7.99. The third-order valence-electron chi connectivity index (χ3n) is 8.02. The molecule has 0 saturated carbocycles. The summed E-state index contributed by atoms with van der Waals surface area (Å²) in [4.78, 5) is 42.9. The highest BCUT2D eigenvalue weighted by Gasteiger charge is 2.18. The van der Waals surface area contributed by atoms with Crippen molar-refractivity contribution in [1.82, 2.24) is 29.7 Å². The van der Waals surface area contributed by atoms with Gasteiger partial charge in [-0.15, -0.1) is 0 Å². The van der Waals surface area contributed by atoms with E-state index in [9.17, 15) is 9.59 Å². The van der Waals surface area contributed by atoms with Crippen molar-refractivity contribution in [2.75, 3.05) is 26.4 Å². The average Bonchev–Trinajstić information content (AvgIpc) is 3.61. The molecule has 0 aliphatic heterocycles. The van der Waals surface area contributed by atoms with Crippen LogP contribution in [-0.4, -0.2) is 73.6 Å². The van der Waals surface area contributed by atoms with Gasteiger partial charge in [-0.25, -0.2) is 9.97 Å². The molecule has 0 saturated heterocycles. The summed E-state index contributed by atoms with van der Waals surface area (Å²) in [6.45, 7) is 17.5. The predicted molar refractivity (Wildman–Crippen MR) is 207 cm³/mol. The number of amides is 1.